The highest BCUT2D eigenvalue weighted by atomic mass is 79.9. The lowest BCUT2D eigenvalue weighted by molar-refractivity contribution is 0.0157. The number of hydrogen-bond acceptors (Lipinski definition) is 1. The fraction of sp³-hybridized carbons (Fsp3) is 0.333. The number of halogens is 1. The van der Waals surface area contributed by atoms with Crippen LogP contribution < -0.4 is 0 Å². The molecular weight excluding hydrogens is 312 g/mol. The minimum Gasteiger partial charge on any atom is -0.385 e. The highest BCUT2D eigenvalue weighted by molar-refractivity contribution is 9.10. The van der Waals surface area contributed by atoms with E-state index >= 15 is 0 Å². The second-order valence-electron chi connectivity index (χ2n) is 5.83. The number of hydrogen-bond donors (Lipinski definition) is 1. The molecule has 2 atom stereocenters. The molecule has 0 spiro atoms. The van der Waals surface area contributed by atoms with Gasteiger partial charge >= 0.3 is 0 Å². The van der Waals surface area contributed by atoms with Gasteiger partial charge in [-0.25, -0.2) is 0 Å². The van der Waals surface area contributed by atoms with Gasteiger partial charge in [0.1, 0.15) is 0 Å². The van der Waals surface area contributed by atoms with E-state index in [1.54, 1.807) is 0 Å². The van der Waals surface area contributed by atoms with Crippen molar-refractivity contribution in [2.24, 2.45) is 0 Å². The Bertz CT molecular complexity index is 622. The van der Waals surface area contributed by atoms with Crippen LogP contribution in [-0.4, -0.2) is 5.11 Å². The Morgan fingerprint density at radius 2 is 1.85 bits per heavy atom. The maximum absolute atomic E-state index is 11.2. The molecule has 0 saturated heterocycles. The summed E-state index contributed by atoms with van der Waals surface area (Å²) in [6.07, 6.45) is 2.53. The third-order valence-electron chi connectivity index (χ3n) is 4.42. The van der Waals surface area contributed by atoms with Crippen molar-refractivity contribution in [1.29, 1.82) is 0 Å². The molecule has 1 aliphatic carbocycles. The van der Waals surface area contributed by atoms with Gasteiger partial charge in [-0.15, -0.1) is 0 Å². The minimum atomic E-state index is -0.743. The molecule has 2 aromatic carbocycles. The van der Waals surface area contributed by atoms with Crippen LogP contribution in [-0.2, 0) is 12.0 Å². The lowest BCUT2D eigenvalue weighted by Crippen LogP contribution is -2.34. The molecule has 0 aliphatic heterocycles. The Kier molecular flexibility index (Phi) is 3.70. The van der Waals surface area contributed by atoms with E-state index in [-0.39, 0.29) is 0 Å². The van der Waals surface area contributed by atoms with Crippen LogP contribution in [0.15, 0.2) is 53.0 Å². The summed E-state index contributed by atoms with van der Waals surface area (Å²) < 4.78 is 1.07. The van der Waals surface area contributed by atoms with Gasteiger partial charge in [-0.1, -0.05) is 65.3 Å². The van der Waals surface area contributed by atoms with Gasteiger partial charge in [0.2, 0.25) is 0 Å². The monoisotopic (exact) mass is 330 g/mol. The molecule has 1 nitrogen and oxygen atoms in total. The summed E-state index contributed by atoms with van der Waals surface area (Å²) in [7, 11) is 0. The highest BCUT2D eigenvalue weighted by Crippen LogP contribution is 2.43. The van der Waals surface area contributed by atoms with E-state index < -0.39 is 5.60 Å². The lowest BCUT2D eigenvalue weighted by Gasteiger charge is -2.37. The van der Waals surface area contributed by atoms with Crippen LogP contribution in [0, 0.1) is 0 Å². The highest BCUT2D eigenvalue weighted by Gasteiger charge is 2.36. The summed E-state index contributed by atoms with van der Waals surface area (Å²) in [5.74, 6) is 0.533. The Hall–Kier alpha value is -1.12. The summed E-state index contributed by atoms with van der Waals surface area (Å²) in [6, 6.07) is 16.5. The predicted octanol–water partition coefficient (Wildman–Crippen LogP) is 4.78. The summed E-state index contributed by atoms with van der Waals surface area (Å²) in [6.45, 7) is 2.25. The molecule has 104 valence electrons. The van der Waals surface area contributed by atoms with E-state index in [0.29, 0.717) is 12.3 Å². The third-order valence-corrected chi connectivity index (χ3v) is 5.20. The minimum absolute atomic E-state index is 0.533. The molecule has 2 unspecified atom stereocenters. The maximum atomic E-state index is 11.2. The molecule has 0 heterocycles. The Balaban J connectivity index is 2.01. The molecule has 2 aromatic rings. The van der Waals surface area contributed by atoms with Crippen molar-refractivity contribution in [2.75, 3.05) is 0 Å². The standard InChI is InChI=1S/C18H19BrO/c1-13-10-11-18(20,16-8-4-3-7-15(13)16)12-14-6-2-5-9-17(14)19/h2-9,13,20H,10-12H2,1H3. The average Bonchev–Trinajstić information content (AvgIpc) is 2.46. The van der Waals surface area contributed by atoms with Crippen molar-refractivity contribution in [3.8, 4) is 0 Å². The van der Waals surface area contributed by atoms with Gasteiger partial charge in [0, 0.05) is 10.9 Å². The van der Waals surface area contributed by atoms with Gasteiger partial charge in [0.05, 0.1) is 5.60 Å². The zero-order chi connectivity index (χ0) is 14.2. The molecule has 2 heteroatoms. The summed E-state index contributed by atoms with van der Waals surface area (Å²) in [4.78, 5) is 0. The number of fused-ring (bicyclic) bond motifs is 1. The van der Waals surface area contributed by atoms with Crippen LogP contribution in [0.3, 0.4) is 0 Å². The van der Waals surface area contributed by atoms with Crippen LogP contribution in [0.1, 0.15) is 42.4 Å². The molecule has 1 aliphatic rings. The fourth-order valence-corrected chi connectivity index (χ4v) is 3.66. The van der Waals surface area contributed by atoms with E-state index in [2.05, 4.69) is 47.1 Å². The summed E-state index contributed by atoms with van der Waals surface area (Å²) in [5, 5.41) is 11.2. The SMILES string of the molecule is CC1CCC(O)(Cc2ccccc2Br)c2ccccc21. The van der Waals surface area contributed by atoms with Crippen LogP contribution in [0.5, 0.6) is 0 Å². The molecule has 0 radical (unpaired) electrons. The van der Waals surface area contributed by atoms with E-state index in [9.17, 15) is 5.11 Å². The van der Waals surface area contributed by atoms with Crippen LogP contribution in [0.25, 0.3) is 0 Å². The summed E-state index contributed by atoms with van der Waals surface area (Å²) >= 11 is 3.59. The first-order chi connectivity index (χ1) is 9.60. The van der Waals surface area contributed by atoms with Crippen molar-refractivity contribution in [3.05, 3.63) is 69.7 Å². The second kappa shape index (κ2) is 5.34. The number of aliphatic hydroxyl groups is 1. The van der Waals surface area contributed by atoms with Crippen molar-refractivity contribution in [2.45, 2.75) is 37.7 Å². The molecule has 0 amide bonds. The largest absolute Gasteiger partial charge is 0.385 e. The molecule has 0 aromatic heterocycles. The molecule has 3 rings (SSSR count). The van der Waals surface area contributed by atoms with Gasteiger partial charge in [-0.05, 0) is 41.5 Å². The van der Waals surface area contributed by atoms with Gasteiger partial charge in [-0.3, -0.25) is 0 Å². The van der Waals surface area contributed by atoms with Gasteiger partial charge in [-0.2, -0.15) is 0 Å². The summed E-state index contributed by atoms with van der Waals surface area (Å²) in [5.41, 5.74) is 2.83. The smallest absolute Gasteiger partial charge is 0.0940 e. The predicted molar refractivity (Wildman–Crippen MR) is 85.8 cm³/mol. The van der Waals surface area contributed by atoms with Crippen LogP contribution >= 0.6 is 15.9 Å². The molecule has 20 heavy (non-hydrogen) atoms. The van der Waals surface area contributed by atoms with Crippen LogP contribution in [0.4, 0.5) is 0 Å². The van der Waals surface area contributed by atoms with Crippen LogP contribution in [0.2, 0.25) is 0 Å². The van der Waals surface area contributed by atoms with Crippen molar-refractivity contribution in [3.63, 3.8) is 0 Å². The molecule has 0 saturated carbocycles. The topological polar surface area (TPSA) is 20.2 Å². The number of benzene rings is 2. The van der Waals surface area contributed by atoms with E-state index in [4.69, 9.17) is 0 Å². The zero-order valence-corrected chi connectivity index (χ0v) is 13.2. The van der Waals surface area contributed by atoms with E-state index in [1.165, 1.54) is 11.1 Å². The molecule has 0 bridgehead atoms. The maximum Gasteiger partial charge on any atom is 0.0940 e. The first kappa shape index (κ1) is 13.8. The fourth-order valence-electron chi connectivity index (χ4n) is 3.24. The average molecular weight is 331 g/mol. The van der Waals surface area contributed by atoms with E-state index in [0.717, 1.165) is 22.9 Å². The zero-order valence-electron chi connectivity index (χ0n) is 11.6. The van der Waals surface area contributed by atoms with Gasteiger partial charge < -0.3 is 5.11 Å². The quantitative estimate of drug-likeness (QED) is 0.840. The first-order valence-corrected chi connectivity index (χ1v) is 7.95. The lowest BCUT2D eigenvalue weighted by atomic mass is 9.72. The van der Waals surface area contributed by atoms with Crippen molar-refractivity contribution < 1.29 is 5.11 Å². The molecular formula is C18H19BrO. The Morgan fingerprint density at radius 1 is 1.15 bits per heavy atom. The molecule has 1 N–H and O–H groups in total. The van der Waals surface area contributed by atoms with Gasteiger partial charge in [0.15, 0.2) is 0 Å². The Morgan fingerprint density at radius 3 is 2.65 bits per heavy atom. The van der Waals surface area contributed by atoms with E-state index in [1.807, 2.05) is 24.3 Å². The normalized spacial score (nSPS) is 25.2. The third kappa shape index (κ3) is 2.43. The first-order valence-electron chi connectivity index (χ1n) is 7.15. The van der Waals surface area contributed by atoms with Gasteiger partial charge in [0.25, 0.3) is 0 Å². The molecule has 0 fully saturated rings. The second-order valence-corrected chi connectivity index (χ2v) is 6.68. The van der Waals surface area contributed by atoms with Crippen molar-refractivity contribution in [1.82, 2.24) is 0 Å². The van der Waals surface area contributed by atoms with Crippen molar-refractivity contribution >= 4 is 15.9 Å². The Labute approximate surface area is 128 Å². The number of rotatable bonds is 2.